The first-order valence-corrected chi connectivity index (χ1v) is 7.55. The van der Waals surface area contributed by atoms with Crippen LogP contribution < -0.4 is 10.2 Å². The number of ether oxygens (including phenoxy) is 1. The summed E-state index contributed by atoms with van der Waals surface area (Å²) >= 11 is 3.62. The highest BCUT2D eigenvalue weighted by Gasteiger charge is 2.25. The van der Waals surface area contributed by atoms with E-state index in [9.17, 15) is 0 Å². The Morgan fingerprint density at radius 2 is 2.05 bits per heavy atom. The highest BCUT2D eigenvalue weighted by Crippen LogP contribution is 2.31. The Kier molecular flexibility index (Phi) is 4.99. The lowest BCUT2D eigenvalue weighted by molar-refractivity contribution is -0.00550. The summed E-state index contributed by atoms with van der Waals surface area (Å²) in [6.07, 6.45) is 3.12. The van der Waals surface area contributed by atoms with Gasteiger partial charge in [0, 0.05) is 19.6 Å². The zero-order valence-electron chi connectivity index (χ0n) is 11.7. The molecule has 1 N–H and O–H groups in total. The molecule has 6 heteroatoms. The molecule has 0 spiro atoms. The lowest BCUT2D eigenvalue weighted by atomic mass is 10.2. The van der Waals surface area contributed by atoms with Crippen molar-refractivity contribution < 1.29 is 4.74 Å². The average Bonchev–Trinajstić information content (AvgIpc) is 2.36. The normalized spacial score (nSPS) is 23.5. The van der Waals surface area contributed by atoms with E-state index in [4.69, 9.17) is 4.74 Å². The molecule has 19 heavy (non-hydrogen) atoms. The van der Waals surface area contributed by atoms with Crippen LogP contribution in [0.5, 0.6) is 0 Å². The first kappa shape index (κ1) is 14.5. The first-order valence-electron chi connectivity index (χ1n) is 6.76. The van der Waals surface area contributed by atoms with Crippen LogP contribution in [0, 0.1) is 0 Å². The number of hydrogen-bond donors (Lipinski definition) is 1. The van der Waals surface area contributed by atoms with Gasteiger partial charge in [-0.25, -0.2) is 9.97 Å². The molecule has 2 rings (SSSR count). The number of aromatic nitrogens is 2. The van der Waals surface area contributed by atoms with Crippen molar-refractivity contribution in [2.75, 3.05) is 29.9 Å². The predicted molar refractivity (Wildman–Crippen MR) is 80.7 cm³/mol. The zero-order valence-corrected chi connectivity index (χ0v) is 13.3. The van der Waals surface area contributed by atoms with Crippen LogP contribution in [0.2, 0.25) is 0 Å². The van der Waals surface area contributed by atoms with Crippen LogP contribution in [0.25, 0.3) is 0 Å². The SMILES string of the molecule is CCCNc1ncnc(N2C[C@@H](C)O[C@@H](C)C2)c1Br. The lowest BCUT2D eigenvalue weighted by Crippen LogP contribution is -2.46. The third-order valence-corrected chi connectivity index (χ3v) is 3.76. The molecular formula is C13H21BrN4O. The second-order valence-electron chi connectivity index (χ2n) is 4.95. The van der Waals surface area contributed by atoms with Gasteiger partial charge in [-0.3, -0.25) is 0 Å². The summed E-state index contributed by atoms with van der Waals surface area (Å²) in [5.74, 6) is 1.80. The van der Waals surface area contributed by atoms with Crippen LogP contribution in [0.4, 0.5) is 11.6 Å². The van der Waals surface area contributed by atoms with Gasteiger partial charge < -0.3 is 15.0 Å². The molecule has 2 heterocycles. The second-order valence-corrected chi connectivity index (χ2v) is 5.74. The minimum atomic E-state index is 0.220. The fourth-order valence-electron chi connectivity index (χ4n) is 2.30. The molecule has 1 aliphatic rings. The van der Waals surface area contributed by atoms with E-state index in [1.807, 2.05) is 0 Å². The third kappa shape index (κ3) is 3.57. The van der Waals surface area contributed by atoms with Crippen LogP contribution in [-0.2, 0) is 4.74 Å². The number of anilines is 2. The third-order valence-electron chi connectivity index (χ3n) is 3.03. The maximum Gasteiger partial charge on any atom is 0.148 e. The van der Waals surface area contributed by atoms with Gasteiger partial charge in [0.25, 0.3) is 0 Å². The fraction of sp³-hybridized carbons (Fsp3) is 0.692. The van der Waals surface area contributed by atoms with E-state index in [2.05, 4.69) is 56.9 Å². The maximum atomic E-state index is 5.76. The highest BCUT2D eigenvalue weighted by molar-refractivity contribution is 9.10. The number of hydrogen-bond acceptors (Lipinski definition) is 5. The van der Waals surface area contributed by atoms with Gasteiger partial charge in [-0.2, -0.15) is 0 Å². The van der Waals surface area contributed by atoms with Crippen molar-refractivity contribution in [3.63, 3.8) is 0 Å². The summed E-state index contributed by atoms with van der Waals surface area (Å²) in [6, 6.07) is 0. The van der Waals surface area contributed by atoms with Crippen molar-refractivity contribution in [2.45, 2.75) is 39.4 Å². The number of nitrogens with zero attached hydrogens (tertiary/aromatic N) is 3. The van der Waals surface area contributed by atoms with Crippen LogP contribution in [0.3, 0.4) is 0 Å². The lowest BCUT2D eigenvalue weighted by Gasteiger charge is -2.36. The summed E-state index contributed by atoms with van der Waals surface area (Å²) in [6.45, 7) is 8.93. The van der Waals surface area contributed by atoms with E-state index >= 15 is 0 Å². The smallest absolute Gasteiger partial charge is 0.148 e. The number of nitrogens with one attached hydrogen (secondary N) is 1. The van der Waals surface area contributed by atoms with Crippen molar-refractivity contribution in [1.29, 1.82) is 0 Å². The number of halogens is 1. The molecule has 0 aliphatic carbocycles. The predicted octanol–water partition coefficient (Wildman–Crippen LogP) is 2.67. The van der Waals surface area contributed by atoms with E-state index in [1.54, 1.807) is 6.33 Å². The van der Waals surface area contributed by atoms with Crippen LogP contribution in [0.1, 0.15) is 27.2 Å². The van der Waals surface area contributed by atoms with Crippen LogP contribution in [-0.4, -0.2) is 41.8 Å². The largest absolute Gasteiger partial charge is 0.372 e. The highest BCUT2D eigenvalue weighted by atomic mass is 79.9. The second kappa shape index (κ2) is 6.52. The first-order chi connectivity index (χ1) is 9.11. The Balaban J connectivity index is 2.19. The standard InChI is InChI=1S/C13H21BrN4O/c1-4-5-15-12-11(14)13(17-8-16-12)18-6-9(2)19-10(3)7-18/h8-10H,4-7H2,1-3H3,(H,15,16,17)/t9-,10+. The molecule has 0 saturated carbocycles. The van der Waals surface area contributed by atoms with Crippen LogP contribution >= 0.6 is 15.9 Å². The molecule has 5 nitrogen and oxygen atoms in total. The van der Waals surface area contributed by atoms with Gasteiger partial charge >= 0.3 is 0 Å². The van der Waals surface area contributed by atoms with Gasteiger partial charge in [0.15, 0.2) is 0 Å². The molecule has 1 fully saturated rings. The van der Waals surface area contributed by atoms with E-state index in [-0.39, 0.29) is 12.2 Å². The minimum Gasteiger partial charge on any atom is -0.372 e. The Morgan fingerprint density at radius 3 is 2.68 bits per heavy atom. The van der Waals surface area contributed by atoms with Crippen molar-refractivity contribution in [2.24, 2.45) is 0 Å². The summed E-state index contributed by atoms with van der Waals surface area (Å²) in [7, 11) is 0. The number of morpholine rings is 1. The van der Waals surface area contributed by atoms with Crippen molar-refractivity contribution in [3.05, 3.63) is 10.8 Å². The van der Waals surface area contributed by atoms with Gasteiger partial charge in [-0.1, -0.05) is 6.92 Å². The van der Waals surface area contributed by atoms with E-state index < -0.39 is 0 Å². The molecule has 1 aromatic heterocycles. The molecule has 1 saturated heterocycles. The molecule has 0 radical (unpaired) electrons. The maximum absolute atomic E-state index is 5.76. The molecule has 0 bridgehead atoms. The Hall–Kier alpha value is -0.880. The van der Waals surface area contributed by atoms with Crippen molar-refractivity contribution in [1.82, 2.24) is 9.97 Å². The summed E-state index contributed by atoms with van der Waals surface area (Å²) in [5.41, 5.74) is 0. The van der Waals surface area contributed by atoms with Gasteiger partial charge in [0.05, 0.1) is 12.2 Å². The topological polar surface area (TPSA) is 50.3 Å². The van der Waals surface area contributed by atoms with Crippen molar-refractivity contribution in [3.8, 4) is 0 Å². The quantitative estimate of drug-likeness (QED) is 0.920. The van der Waals surface area contributed by atoms with E-state index in [1.165, 1.54) is 0 Å². The Morgan fingerprint density at radius 1 is 1.37 bits per heavy atom. The molecule has 2 atom stereocenters. The molecule has 106 valence electrons. The molecule has 0 amide bonds. The number of rotatable bonds is 4. The Labute approximate surface area is 122 Å². The summed E-state index contributed by atoms with van der Waals surface area (Å²) in [5, 5.41) is 3.31. The average molecular weight is 329 g/mol. The van der Waals surface area contributed by atoms with Gasteiger partial charge in [0.2, 0.25) is 0 Å². The van der Waals surface area contributed by atoms with Gasteiger partial charge in [-0.05, 0) is 36.2 Å². The van der Waals surface area contributed by atoms with E-state index in [0.717, 1.165) is 42.2 Å². The molecule has 1 aromatic rings. The summed E-state index contributed by atoms with van der Waals surface area (Å²) in [4.78, 5) is 10.9. The summed E-state index contributed by atoms with van der Waals surface area (Å²) < 4.78 is 6.69. The van der Waals surface area contributed by atoms with E-state index in [0.29, 0.717) is 0 Å². The van der Waals surface area contributed by atoms with Crippen molar-refractivity contribution >= 4 is 27.6 Å². The van der Waals surface area contributed by atoms with Crippen LogP contribution in [0.15, 0.2) is 10.8 Å². The monoisotopic (exact) mass is 328 g/mol. The van der Waals surface area contributed by atoms with Gasteiger partial charge in [0.1, 0.15) is 22.4 Å². The molecule has 1 aliphatic heterocycles. The minimum absolute atomic E-state index is 0.220. The molecule has 0 unspecified atom stereocenters. The molecular weight excluding hydrogens is 308 g/mol. The molecule has 0 aromatic carbocycles. The van der Waals surface area contributed by atoms with Gasteiger partial charge in [-0.15, -0.1) is 0 Å². The zero-order chi connectivity index (χ0) is 13.8. The fourth-order valence-corrected chi connectivity index (χ4v) is 2.89. The Bertz CT molecular complexity index is 419.